The summed E-state index contributed by atoms with van der Waals surface area (Å²) in [7, 11) is 0. The van der Waals surface area contributed by atoms with Gasteiger partial charge in [-0.1, -0.05) is 47.5 Å². The van der Waals surface area contributed by atoms with Crippen molar-refractivity contribution < 1.29 is 4.79 Å². The Kier molecular flexibility index (Phi) is 5.10. The molecule has 5 heteroatoms. The second-order valence-corrected chi connectivity index (χ2v) is 5.58. The van der Waals surface area contributed by atoms with Crippen molar-refractivity contribution in [1.82, 2.24) is 5.32 Å². The van der Waals surface area contributed by atoms with Crippen molar-refractivity contribution in [2.45, 2.75) is 13.3 Å². The molecule has 0 radical (unpaired) electrons. The standard InChI is InChI=1S/C16H16Cl2N2O/c1-10-4-2-3-5-11(10)6-7-20-16(21)13-8-12(19)9-14(17)15(13)18/h2-5,8-9H,6-7,19H2,1H3,(H,20,21). The van der Waals surface area contributed by atoms with Gasteiger partial charge in [0.1, 0.15) is 0 Å². The minimum absolute atomic E-state index is 0.222. The molecule has 0 heterocycles. The van der Waals surface area contributed by atoms with Crippen molar-refractivity contribution in [3.05, 3.63) is 63.1 Å². The summed E-state index contributed by atoms with van der Waals surface area (Å²) in [5, 5.41) is 3.33. The van der Waals surface area contributed by atoms with Gasteiger partial charge in [0.05, 0.1) is 15.6 Å². The van der Waals surface area contributed by atoms with Crippen LogP contribution in [-0.2, 0) is 6.42 Å². The monoisotopic (exact) mass is 322 g/mol. The fourth-order valence-electron chi connectivity index (χ4n) is 2.07. The Morgan fingerprint density at radius 1 is 1.24 bits per heavy atom. The van der Waals surface area contributed by atoms with Crippen LogP contribution in [0, 0.1) is 6.92 Å². The molecule has 1 amide bonds. The highest BCUT2D eigenvalue weighted by atomic mass is 35.5. The average Bonchev–Trinajstić information content (AvgIpc) is 2.44. The zero-order chi connectivity index (χ0) is 15.4. The maximum absolute atomic E-state index is 12.1. The number of halogens is 2. The number of nitrogens with one attached hydrogen (secondary N) is 1. The normalized spacial score (nSPS) is 10.4. The van der Waals surface area contributed by atoms with Crippen molar-refractivity contribution in [1.29, 1.82) is 0 Å². The molecule has 2 aromatic carbocycles. The molecule has 0 bridgehead atoms. The quantitative estimate of drug-likeness (QED) is 0.840. The van der Waals surface area contributed by atoms with Crippen molar-refractivity contribution in [3.8, 4) is 0 Å². The number of hydrogen-bond donors (Lipinski definition) is 2. The number of hydrogen-bond acceptors (Lipinski definition) is 2. The van der Waals surface area contributed by atoms with Gasteiger partial charge in [0, 0.05) is 12.2 Å². The molecule has 2 rings (SSSR count). The van der Waals surface area contributed by atoms with E-state index in [-0.39, 0.29) is 16.0 Å². The summed E-state index contributed by atoms with van der Waals surface area (Å²) in [6.45, 7) is 2.57. The summed E-state index contributed by atoms with van der Waals surface area (Å²) in [5.41, 5.74) is 8.80. The van der Waals surface area contributed by atoms with E-state index in [1.165, 1.54) is 23.3 Å². The molecule has 0 spiro atoms. The van der Waals surface area contributed by atoms with Crippen LogP contribution in [0.2, 0.25) is 10.0 Å². The van der Waals surface area contributed by atoms with Crippen molar-refractivity contribution >= 4 is 34.8 Å². The first-order valence-corrected chi connectivity index (χ1v) is 7.32. The topological polar surface area (TPSA) is 55.1 Å². The van der Waals surface area contributed by atoms with Gasteiger partial charge in [-0.2, -0.15) is 0 Å². The fourth-order valence-corrected chi connectivity index (χ4v) is 2.49. The van der Waals surface area contributed by atoms with Gasteiger partial charge in [-0.15, -0.1) is 0 Å². The van der Waals surface area contributed by atoms with Gasteiger partial charge >= 0.3 is 0 Å². The molecule has 0 unspecified atom stereocenters. The third-order valence-corrected chi connectivity index (χ3v) is 4.04. The first-order chi connectivity index (χ1) is 9.99. The zero-order valence-corrected chi connectivity index (χ0v) is 13.1. The third-order valence-electron chi connectivity index (χ3n) is 3.24. The molecular weight excluding hydrogens is 307 g/mol. The average molecular weight is 323 g/mol. The first kappa shape index (κ1) is 15.7. The first-order valence-electron chi connectivity index (χ1n) is 6.56. The minimum Gasteiger partial charge on any atom is -0.399 e. The van der Waals surface area contributed by atoms with Crippen LogP contribution in [0.5, 0.6) is 0 Å². The van der Waals surface area contributed by atoms with Gasteiger partial charge in [0.15, 0.2) is 0 Å². The van der Waals surface area contributed by atoms with Crippen LogP contribution in [0.1, 0.15) is 21.5 Å². The largest absolute Gasteiger partial charge is 0.399 e. The van der Waals surface area contributed by atoms with E-state index in [9.17, 15) is 4.79 Å². The Balaban J connectivity index is 2.01. The highest BCUT2D eigenvalue weighted by Gasteiger charge is 2.13. The number of anilines is 1. The molecule has 110 valence electrons. The Morgan fingerprint density at radius 2 is 1.95 bits per heavy atom. The number of nitrogens with two attached hydrogens (primary N) is 1. The maximum atomic E-state index is 12.1. The molecule has 0 fully saturated rings. The predicted molar refractivity (Wildman–Crippen MR) is 88.1 cm³/mol. The number of carbonyl (C=O) groups excluding carboxylic acids is 1. The lowest BCUT2D eigenvalue weighted by atomic mass is 10.1. The number of amides is 1. The summed E-state index contributed by atoms with van der Waals surface area (Å²) in [4.78, 5) is 12.1. The van der Waals surface area contributed by atoms with E-state index >= 15 is 0 Å². The van der Waals surface area contributed by atoms with Crippen LogP contribution in [0.4, 0.5) is 5.69 Å². The van der Waals surface area contributed by atoms with Crippen LogP contribution < -0.4 is 11.1 Å². The molecule has 3 N–H and O–H groups in total. The summed E-state index contributed by atoms with van der Waals surface area (Å²) in [6, 6.07) is 11.1. The van der Waals surface area contributed by atoms with Crippen molar-refractivity contribution in [2.24, 2.45) is 0 Å². The number of nitrogen functional groups attached to an aromatic ring is 1. The van der Waals surface area contributed by atoms with E-state index in [0.29, 0.717) is 17.8 Å². The van der Waals surface area contributed by atoms with E-state index in [2.05, 4.69) is 5.32 Å². The summed E-state index contributed by atoms with van der Waals surface area (Å²) in [6.07, 6.45) is 0.756. The number of aryl methyl sites for hydroxylation is 1. The maximum Gasteiger partial charge on any atom is 0.252 e. The highest BCUT2D eigenvalue weighted by molar-refractivity contribution is 6.44. The summed E-state index contributed by atoms with van der Waals surface area (Å²) < 4.78 is 0. The Morgan fingerprint density at radius 3 is 2.67 bits per heavy atom. The molecule has 0 saturated heterocycles. The molecule has 0 aliphatic heterocycles. The lowest BCUT2D eigenvalue weighted by molar-refractivity contribution is 0.0954. The van der Waals surface area contributed by atoms with Gasteiger partial charge in [-0.3, -0.25) is 4.79 Å². The summed E-state index contributed by atoms with van der Waals surface area (Å²) >= 11 is 12.0. The summed E-state index contributed by atoms with van der Waals surface area (Å²) in [5.74, 6) is -0.275. The van der Waals surface area contributed by atoms with E-state index in [4.69, 9.17) is 28.9 Å². The number of rotatable bonds is 4. The van der Waals surface area contributed by atoms with Crippen LogP contribution in [-0.4, -0.2) is 12.5 Å². The van der Waals surface area contributed by atoms with Crippen LogP contribution in [0.3, 0.4) is 0 Å². The van der Waals surface area contributed by atoms with Crippen molar-refractivity contribution in [2.75, 3.05) is 12.3 Å². The van der Waals surface area contributed by atoms with Crippen LogP contribution in [0.25, 0.3) is 0 Å². The fraction of sp³-hybridized carbons (Fsp3) is 0.188. The zero-order valence-electron chi connectivity index (χ0n) is 11.6. The Hall–Kier alpha value is -1.71. The van der Waals surface area contributed by atoms with Gasteiger partial charge in [0.2, 0.25) is 0 Å². The molecule has 0 atom stereocenters. The minimum atomic E-state index is -0.275. The van der Waals surface area contributed by atoms with Crippen LogP contribution in [0.15, 0.2) is 36.4 Å². The highest BCUT2D eigenvalue weighted by Crippen LogP contribution is 2.28. The lowest BCUT2D eigenvalue weighted by Crippen LogP contribution is -2.26. The van der Waals surface area contributed by atoms with Gasteiger partial charge in [-0.25, -0.2) is 0 Å². The molecular formula is C16H16Cl2N2O. The van der Waals surface area contributed by atoms with Crippen LogP contribution >= 0.6 is 23.2 Å². The SMILES string of the molecule is Cc1ccccc1CCNC(=O)c1cc(N)cc(Cl)c1Cl. The molecule has 0 aliphatic carbocycles. The molecule has 2 aromatic rings. The molecule has 21 heavy (non-hydrogen) atoms. The second-order valence-electron chi connectivity index (χ2n) is 4.80. The van der Waals surface area contributed by atoms with Gasteiger partial charge in [-0.05, 0) is 36.6 Å². The van der Waals surface area contributed by atoms with E-state index in [1.807, 2.05) is 31.2 Å². The van der Waals surface area contributed by atoms with Gasteiger partial charge < -0.3 is 11.1 Å². The lowest BCUT2D eigenvalue weighted by Gasteiger charge is -2.10. The predicted octanol–water partition coefficient (Wildman–Crippen LogP) is 3.86. The molecule has 3 nitrogen and oxygen atoms in total. The van der Waals surface area contributed by atoms with Crippen molar-refractivity contribution in [3.63, 3.8) is 0 Å². The number of carbonyl (C=O) groups is 1. The van der Waals surface area contributed by atoms with E-state index in [1.54, 1.807) is 0 Å². The molecule has 0 aliphatic rings. The molecule has 0 saturated carbocycles. The third kappa shape index (κ3) is 3.90. The second kappa shape index (κ2) is 6.83. The smallest absolute Gasteiger partial charge is 0.252 e. The Bertz CT molecular complexity index is 671. The van der Waals surface area contributed by atoms with E-state index in [0.717, 1.165) is 6.42 Å². The number of benzene rings is 2. The van der Waals surface area contributed by atoms with Gasteiger partial charge in [0.25, 0.3) is 5.91 Å². The van der Waals surface area contributed by atoms with E-state index < -0.39 is 0 Å². The molecule has 0 aromatic heterocycles. The Labute approximate surface area is 134 Å².